The van der Waals surface area contributed by atoms with Crippen LogP contribution in [0.25, 0.3) is 0 Å². The van der Waals surface area contributed by atoms with Crippen molar-refractivity contribution in [2.45, 2.75) is 66.2 Å². The van der Waals surface area contributed by atoms with Crippen LogP contribution in [0.15, 0.2) is 0 Å². The molecule has 2 amide bonds. The lowest BCUT2D eigenvalue weighted by Gasteiger charge is -2.31. The topological polar surface area (TPSA) is 145 Å². The molecule has 0 spiro atoms. The van der Waals surface area contributed by atoms with Crippen molar-refractivity contribution < 1.29 is 20.2 Å². The first-order valence-electron chi connectivity index (χ1n) is 7.79. The van der Waals surface area contributed by atoms with E-state index in [1.54, 1.807) is 11.9 Å². The van der Waals surface area contributed by atoms with Gasteiger partial charge in [0.2, 0.25) is 12.3 Å². The Balaban J connectivity index is -0.000000426. The van der Waals surface area contributed by atoms with Gasteiger partial charge in [-0.2, -0.15) is 5.53 Å². The summed E-state index contributed by atoms with van der Waals surface area (Å²) in [7, 11) is 1.56. The van der Waals surface area contributed by atoms with Gasteiger partial charge in [0.25, 0.3) is 0 Å². The summed E-state index contributed by atoms with van der Waals surface area (Å²) >= 11 is 0. The lowest BCUT2D eigenvalue weighted by Crippen LogP contribution is -2.51. The molecule has 0 radical (unpaired) electrons. The number of hydrogen-bond acceptors (Lipinski definition) is 5. The van der Waals surface area contributed by atoms with Crippen LogP contribution in [0.2, 0.25) is 0 Å². The minimum atomic E-state index is -0.495. The van der Waals surface area contributed by atoms with Crippen molar-refractivity contribution in [2.75, 3.05) is 13.6 Å². The molecule has 1 heterocycles. The Morgan fingerprint density at radius 2 is 1.83 bits per heavy atom. The number of aliphatic hydroxyl groups excluding tert-OH is 1. The van der Waals surface area contributed by atoms with Crippen LogP contribution in [-0.4, -0.2) is 54.1 Å². The zero-order chi connectivity index (χ0) is 19.2. The Bertz CT molecular complexity index is 321. The molecule has 1 fully saturated rings. The number of rotatable bonds is 2. The molecule has 138 valence electrons. The van der Waals surface area contributed by atoms with Crippen LogP contribution >= 0.6 is 0 Å². The predicted molar refractivity (Wildman–Crippen MR) is 90.3 cm³/mol. The van der Waals surface area contributed by atoms with Crippen LogP contribution in [0.3, 0.4) is 0 Å². The Labute approximate surface area is 140 Å². The standard InChI is InChI=1S/C11H22N2O2.C2H5NO.C2H6.H2N2/c1-7-5-8(14)6-13(7)10(15)9(12)11(2,3)4;1-3-2-4;2*1-2/h7-9,14H,5-6,12H2,1-4H3;2H,1H3,(H,3,4);1-2H3;1-2H/p+1/t7-,8-,9-;;;/m1.../s1. The molecule has 8 nitrogen and oxygen atoms in total. The molecule has 0 aliphatic carbocycles. The van der Waals surface area contributed by atoms with Crippen molar-refractivity contribution in [2.24, 2.45) is 11.1 Å². The van der Waals surface area contributed by atoms with E-state index in [0.717, 1.165) is 0 Å². The first kappa shape index (κ1) is 26.4. The maximum Gasteiger partial charge on any atom is 0.240 e. The summed E-state index contributed by atoms with van der Waals surface area (Å²) in [5.41, 5.74) is 14.7. The van der Waals surface area contributed by atoms with Gasteiger partial charge in [-0.3, -0.25) is 9.59 Å². The molecule has 1 aliphatic heterocycles. The Kier molecular flexibility index (Phi) is 16.1. The molecule has 8 heteroatoms. The number of aliphatic hydroxyl groups is 1. The zero-order valence-corrected chi connectivity index (χ0v) is 15.6. The van der Waals surface area contributed by atoms with Crippen LogP contribution in [0.1, 0.15) is 48.0 Å². The third-order valence-corrected chi connectivity index (χ3v) is 3.15. The summed E-state index contributed by atoms with van der Waals surface area (Å²) in [5, 5.41) is 11.7. The van der Waals surface area contributed by atoms with Crippen molar-refractivity contribution in [3.63, 3.8) is 0 Å². The van der Waals surface area contributed by atoms with Crippen molar-refractivity contribution >= 4 is 12.3 Å². The summed E-state index contributed by atoms with van der Waals surface area (Å²) in [6, 6.07) is -0.397. The largest absolute Gasteiger partial charge is 0.391 e. The molecule has 0 aromatic rings. The molecule has 0 aromatic carbocycles. The minimum absolute atomic E-state index is 0.0495. The number of carbonyl (C=O) groups is 2. The van der Waals surface area contributed by atoms with E-state index in [9.17, 15) is 9.90 Å². The van der Waals surface area contributed by atoms with Crippen LogP contribution in [0, 0.1) is 10.9 Å². The van der Waals surface area contributed by atoms with E-state index in [1.165, 1.54) is 0 Å². The number of nitrogens with zero attached hydrogens (tertiary/aromatic N) is 1. The van der Waals surface area contributed by atoms with E-state index in [0.29, 0.717) is 19.4 Å². The van der Waals surface area contributed by atoms with E-state index in [4.69, 9.17) is 16.1 Å². The first-order chi connectivity index (χ1) is 10.6. The summed E-state index contributed by atoms with van der Waals surface area (Å²) in [4.78, 5) is 22.8. The lowest BCUT2D eigenvalue weighted by molar-refractivity contribution is -0.249. The quantitative estimate of drug-likeness (QED) is 0.342. The number of amides is 2. The fourth-order valence-corrected chi connectivity index (χ4v) is 1.86. The van der Waals surface area contributed by atoms with Crippen molar-refractivity contribution in [1.29, 1.82) is 5.53 Å². The summed E-state index contributed by atoms with van der Waals surface area (Å²) < 4.78 is 0. The molecular formula is C15H36N5O3+. The predicted octanol–water partition coefficient (Wildman–Crippen LogP) is -0.494. The molecule has 0 bridgehead atoms. The molecule has 0 unspecified atom stereocenters. The van der Waals surface area contributed by atoms with Crippen LogP contribution in [-0.2, 0) is 9.59 Å². The second-order valence-electron chi connectivity index (χ2n) is 5.98. The summed E-state index contributed by atoms with van der Waals surface area (Å²) in [5.74, 6) is -0.0495. The number of carbonyl (C=O) groups excluding carboxylic acids is 2. The third kappa shape index (κ3) is 10.8. The SMILES string of the molecule is CC.CNC=O.C[C@@H]1C[C@@H](O)CN1C(=O)[C@@H](N)C(C)(C)C.N=[NH2+]. The van der Waals surface area contributed by atoms with Gasteiger partial charge in [0.1, 0.15) is 0 Å². The lowest BCUT2D eigenvalue weighted by atomic mass is 9.86. The van der Waals surface area contributed by atoms with E-state index in [1.807, 2.05) is 41.5 Å². The fourth-order valence-electron chi connectivity index (χ4n) is 1.86. The van der Waals surface area contributed by atoms with Gasteiger partial charge in [0.15, 0.2) is 0 Å². The molecular weight excluding hydrogens is 298 g/mol. The van der Waals surface area contributed by atoms with Crippen molar-refractivity contribution in [3.05, 3.63) is 0 Å². The van der Waals surface area contributed by atoms with Gasteiger partial charge in [-0.25, -0.2) is 0 Å². The maximum atomic E-state index is 12.0. The van der Waals surface area contributed by atoms with E-state index in [2.05, 4.69) is 10.8 Å². The number of nitrogens with one attached hydrogen (secondary N) is 2. The van der Waals surface area contributed by atoms with E-state index < -0.39 is 12.1 Å². The molecule has 1 rings (SSSR count). The van der Waals surface area contributed by atoms with Crippen molar-refractivity contribution in [1.82, 2.24) is 10.2 Å². The van der Waals surface area contributed by atoms with Gasteiger partial charge >= 0.3 is 0 Å². The van der Waals surface area contributed by atoms with Gasteiger partial charge in [-0.15, -0.1) is 0 Å². The van der Waals surface area contributed by atoms with Gasteiger partial charge in [0.05, 0.1) is 12.1 Å². The number of hydrogen-bond donors (Lipinski definition) is 5. The van der Waals surface area contributed by atoms with Gasteiger partial charge < -0.3 is 21.1 Å². The maximum absolute atomic E-state index is 12.0. The third-order valence-electron chi connectivity index (χ3n) is 3.15. The minimum Gasteiger partial charge on any atom is -0.391 e. The van der Waals surface area contributed by atoms with E-state index >= 15 is 0 Å². The number of nitrogens with two attached hydrogens (primary N) is 2. The molecule has 7 N–H and O–H groups in total. The molecule has 1 saturated heterocycles. The normalized spacial score (nSPS) is 20.5. The highest BCUT2D eigenvalue weighted by Crippen LogP contribution is 2.24. The van der Waals surface area contributed by atoms with Gasteiger partial charge in [0, 0.05) is 19.6 Å². The number of β-amino-alcohol motifs (C(OH)–C–C–N with tert-alkyl or cyclic N) is 1. The monoisotopic (exact) mass is 334 g/mol. The average Bonchev–Trinajstić information content (AvgIpc) is 2.87. The second kappa shape index (κ2) is 14.1. The smallest absolute Gasteiger partial charge is 0.240 e. The van der Waals surface area contributed by atoms with E-state index in [-0.39, 0.29) is 17.4 Å². The Morgan fingerprint density at radius 3 is 2.04 bits per heavy atom. The number of likely N-dealkylation sites (tertiary alicyclic amines) is 1. The Morgan fingerprint density at radius 1 is 1.43 bits per heavy atom. The van der Waals surface area contributed by atoms with Crippen molar-refractivity contribution in [3.8, 4) is 0 Å². The zero-order valence-electron chi connectivity index (χ0n) is 15.6. The highest BCUT2D eigenvalue weighted by molar-refractivity contribution is 5.83. The first-order valence-corrected chi connectivity index (χ1v) is 7.79. The Hall–Kier alpha value is -1.54. The highest BCUT2D eigenvalue weighted by Gasteiger charge is 2.37. The average molecular weight is 334 g/mol. The molecule has 23 heavy (non-hydrogen) atoms. The van der Waals surface area contributed by atoms with Crippen LogP contribution in [0.4, 0.5) is 0 Å². The molecule has 0 aromatic heterocycles. The molecule has 0 saturated carbocycles. The fraction of sp³-hybridized carbons (Fsp3) is 0.867. The van der Waals surface area contributed by atoms with Crippen LogP contribution in [0.5, 0.6) is 0 Å². The summed E-state index contributed by atoms with van der Waals surface area (Å²) in [6.45, 7) is 12.2. The second-order valence-corrected chi connectivity index (χ2v) is 5.98. The van der Waals surface area contributed by atoms with Crippen LogP contribution < -0.4 is 16.6 Å². The summed E-state index contributed by atoms with van der Waals surface area (Å²) in [6.07, 6.45) is 0.888. The van der Waals surface area contributed by atoms with Gasteiger partial charge in [-0.1, -0.05) is 40.1 Å². The van der Waals surface area contributed by atoms with Gasteiger partial charge in [-0.05, 0) is 18.8 Å². The molecule has 3 atom stereocenters. The molecule has 1 aliphatic rings. The highest BCUT2D eigenvalue weighted by atomic mass is 16.3.